The van der Waals surface area contributed by atoms with Crippen LogP contribution in [0.3, 0.4) is 0 Å². The summed E-state index contributed by atoms with van der Waals surface area (Å²) < 4.78 is -0.335. The van der Waals surface area contributed by atoms with Crippen LogP contribution in [0.4, 0.5) is 0 Å². The van der Waals surface area contributed by atoms with Gasteiger partial charge in [-0.05, 0) is 33.1 Å². The van der Waals surface area contributed by atoms with Crippen molar-refractivity contribution in [3.63, 3.8) is 0 Å². The number of amides is 1. The third-order valence-corrected chi connectivity index (χ3v) is 4.69. The molecule has 0 aliphatic rings. The van der Waals surface area contributed by atoms with Crippen LogP contribution < -0.4 is 5.32 Å². The second-order valence-corrected chi connectivity index (χ2v) is 6.19. The van der Waals surface area contributed by atoms with E-state index in [1.54, 1.807) is 6.08 Å². The van der Waals surface area contributed by atoms with Crippen molar-refractivity contribution in [3.8, 4) is 0 Å². The summed E-state index contributed by atoms with van der Waals surface area (Å²) in [5, 5.41) is 30.8. The maximum absolute atomic E-state index is 11.8. The minimum absolute atomic E-state index is 0.0177. The molecule has 8 heteroatoms. The fourth-order valence-electron chi connectivity index (χ4n) is 2.91. The number of nitrogens with zero attached hydrogens (tertiary/aromatic N) is 1. The number of aliphatic hydroxyl groups is 1. The van der Waals surface area contributed by atoms with Gasteiger partial charge in [-0.1, -0.05) is 6.08 Å². The molecule has 0 fully saturated rings. The van der Waals surface area contributed by atoms with Gasteiger partial charge in [-0.2, -0.15) is 0 Å². The zero-order valence-corrected chi connectivity index (χ0v) is 15.1. The maximum Gasteiger partial charge on any atom is 0.362 e. The van der Waals surface area contributed by atoms with Crippen LogP contribution in [0.15, 0.2) is 12.7 Å². The molecule has 4 N–H and O–H groups in total. The van der Waals surface area contributed by atoms with Gasteiger partial charge in [-0.3, -0.25) is 9.28 Å². The molecular weight excluding hydrogens is 328 g/mol. The SMILES string of the molecule is C=CCCCCC(=O)NCC[N+](CCO)(C(C)C(=O)O)C(C)C(=O)O. The summed E-state index contributed by atoms with van der Waals surface area (Å²) in [6, 6.07) is -2.05. The number of quaternary nitrogens is 1. The number of hydrogen-bond donors (Lipinski definition) is 4. The predicted octanol–water partition coefficient (Wildman–Crippen LogP) is 0.604. The number of rotatable bonds is 14. The molecule has 0 spiro atoms. The van der Waals surface area contributed by atoms with E-state index in [1.165, 1.54) is 13.8 Å². The highest BCUT2D eigenvalue weighted by Gasteiger charge is 2.46. The van der Waals surface area contributed by atoms with Crippen molar-refractivity contribution in [2.24, 2.45) is 0 Å². The van der Waals surface area contributed by atoms with Crippen LogP contribution in [-0.2, 0) is 14.4 Å². The summed E-state index contributed by atoms with van der Waals surface area (Å²) in [6.45, 7) is 6.36. The molecule has 0 aromatic heterocycles. The molecule has 0 bridgehead atoms. The lowest BCUT2D eigenvalue weighted by Crippen LogP contribution is -2.67. The van der Waals surface area contributed by atoms with E-state index in [1.807, 2.05) is 0 Å². The molecule has 2 unspecified atom stereocenters. The number of carboxylic acids is 2. The number of carbonyl (C=O) groups excluding carboxylic acids is 1. The first-order valence-electron chi connectivity index (χ1n) is 8.53. The van der Waals surface area contributed by atoms with E-state index >= 15 is 0 Å². The van der Waals surface area contributed by atoms with Gasteiger partial charge in [-0.15, -0.1) is 6.58 Å². The summed E-state index contributed by atoms with van der Waals surface area (Å²) in [5.74, 6) is -2.44. The molecule has 144 valence electrons. The number of unbranched alkanes of at least 4 members (excludes halogenated alkanes) is 2. The monoisotopic (exact) mass is 359 g/mol. The van der Waals surface area contributed by atoms with Gasteiger partial charge >= 0.3 is 11.9 Å². The molecule has 0 aliphatic carbocycles. The van der Waals surface area contributed by atoms with Crippen LogP contribution >= 0.6 is 0 Å². The van der Waals surface area contributed by atoms with Crippen molar-refractivity contribution >= 4 is 17.8 Å². The predicted molar refractivity (Wildman–Crippen MR) is 93.0 cm³/mol. The molecule has 0 aliphatic heterocycles. The summed E-state index contributed by atoms with van der Waals surface area (Å²) in [4.78, 5) is 34.8. The third kappa shape index (κ3) is 7.23. The van der Waals surface area contributed by atoms with E-state index in [4.69, 9.17) is 0 Å². The number of allylic oxidation sites excluding steroid dienone is 1. The van der Waals surface area contributed by atoms with E-state index < -0.39 is 24.0 Å². The van der Waals surface area contributed by atoms with Crippen molar-refractivity contribution in [1.82, 2.24) is 5.32 Å². The lowest BCUT2D eigenvalue weighted by molar-refractivity contribution is -0.954. The number of nitrogens with one attached hydrogen (secondary N) is 1. The van der Waals surface area contributed by atoms with Gasteiger partial charge in [0.05, 0.1) is 19.7 Å². The summed E-state index contributed by atoms with van der Waals surface area (Å²) >= 11 is 0. The van der Waals surface area contributed by atoms with Gasteiger partial charge in [0.15, 0.2) is 12.1 Å². The highest BCUT2D eigenvalue weighted by atomic mass is 16.4. The smallest absolute Gasteiger partial charge is 0.362 e. The average molecular weight is 359 g/mol. The number of hydrogen-bond acceptors (Lipinski definition) is 4. The largest absolute Gasteiger partial charge is 0.477 e. The van der Waals surface area contributed by atoms with Crippen LogP contribution in [0.25, 0.3) is 0 Å². The lowest BCUT2D eigenvalue weighted by atomic mass is 10.1. The average Bonchev–Trinajstić information content (AvgIpc) is 2.56. The van der Waals surface area contributed by atoms with Crippen molar-refractivity contribution in [2.75, 3.05) is 26.2 Å². The zero-order valence-electron chi connectivity index (χ0n) is 15.1. The number of carbonyl (C=O) groups is 3. The van der Waals surface area contributed by atoms with Crippen molar-refractivity contribution in [1.29, 1.82) is 0 Å². The highest BCUT2D eigenvalue weighted by Crippen LogP contribution is 2.20. The second kappa shape index (κ2) is 11.6. The second-order valence-electron chi connectivity index (χ2n) is 6.19. The molecular formula is C17H31N2O6+. The molecule has 0 heterocycles. The number of carboxylic acid groups (broad SMARTS) is 2. The Hall–Kier alpha value is -1.93. The standard InChI is InChI=1S/C17H30N2O6/c1-4-5-6-7-8-15(21)18-9-10-19(11-12-20,13(2)16(22)23)14(3)17(24)25/h4,13-14,20H,1,5-12H2,2-3H3,(H2-,18,21,22,23,24,25)/p+1. The first-order chi connectivity index (χ1) is 11.7. The Morgan fingerprint density at radius 2 is 1.64 bits per heavy atom. The number of aliphatic hydroxyl groups excluding tert-OH is 1. The van der Waals surface area contributed by atoms with Gasteiger partial charge in [0.2, 0.25) is 5.91 Å². The molecule has 1 amide bonds. The van der Waals surface area contributed by atoms with E-state index in [0.29, 0.717) is 6.42 Å². The van der Waals surface area contributed by atoms with Crippen LogP contribution in [0.5, 0.6) is 0 Å². The Morgan fingerprint density at radius 3 is 2.08 bits per heavy atom. The van der Waals surface area contributed by atoms with Crippen molar-refractivity contribution < 1.29 is 34.2 Å². The highest BCUT2D eigenvalue weighted by molar-refractivity contribution is 5.76. The van der Waals surface area contributed by atoms with Crippen molar-refractivity contribution in [2.45, 2.75) is 51.6 Å². The maximum atomic E-state index is 11.8. The van der Waals surface area contributed by atoms with E-state index in [2.05, 4.69) is 11.9 Å². The molecule has 0 saturated carbocycles. The van der Waals surface area contributed by atoms with Gasteiger partial charge in [0, 0.05) is 6.42 Å². The fourth-order valence-corrected chi connectivity index (χ4v) is 2.91. The Kier molecular flexibility index (Phi) is 10.7. The van der Waals surface area contributed by atoms with Crippen LogP contribution in [0.2, 0.25) is 0 Å². The van der Waals surface area contributed by atoms with Gasteiger partial charge in [0.1, 0.15) is 6.54 Å². The van der Waals surface area contributed by atoms with Gasteiger partial charge in [-0.25, -0.2) is 9.59 Å². The third-order valence-electron chi connectivity index (χ3n) is 4.69. The quantitative estimate of drug-likeness (QED) is 0.205. The van der Waals surface area contributed by atoms with Gasteiger partial charge < -0.3 is 20.6 Å². The topological polar surface area (TPSA) is 124 Å². The van der Waals surface area contributed by atoms with Crippen LogP contribution in [0, 0.1) is 0 Å². The van der Waals surface area contributed by atoms with E-state index in [-0.39, 0.29) is 36.6 Å². The Morgan fingerprint density at radius 1 is 1.08 bits per heavy atom. The summed E-state index contributed by atoms with van der Waals surface area (Å²) in [5.41, 5.74) is 0. The van der Waals surface area contributed by atoms with E-state index in [0.717, 1.165) is 19.3 Å². The Balaban J connectivity index is 4.93. The molecule has 0 rings (SSSR count). The first kappa shape index (κ1) is 23.1. The minimum atomic E-state index is -1.14. The molecule has 0 radical (unpaired) electrons. The molecule has 0 aromatic rings. The van der Waals surface area contributed by atoms with E-state index in [9.17, 15) is 29.7 Å². The fraction of sp³-hybridized carbons (Fsp3) is 0.706. The molecule has 25 heavy (non-hydrogen) atoms. The van der Waals surface area contributed by atoms with Crippen LogP contribution in [0.1, 0.15) is 39.5 Å². The molecule has 8 nitrogen and oxygen atoms in total. The minimum Gasteiger partial charge on any atom is -0.477 e. The number of aliphatic carboxylic acids is 2. The summed E-state index contributed by atoms with van der Waals surface area (Å²) in [6.07, 6.45) is 4.59. The van der Waals surface area contributed by atoms with Gasteiger partial charge in [0.25, 0.3) is 0 Å². The normalized spacial score (nSPS) is 15.6. The summed E-state index contributed by atoms with van der Waals surface area (Å²) in [7, 11) is 0. The molecule has 0 saturated heterocycles. The first-order valence-corrected chi connectivity index (χ1v) is 8.53. The molecule has 2 atom stereocenters. The zero-order chi connectivity index (χ0) is 19.5. The van der Waals surface area contributed by atoms with Crippen LogP contribution in [-0.4, -0.2) is 76.0 Å². The Bertz CT molecular complexity index is 446. The molecule has 0 aromatic carbocycles. The van der Waals surface area contributed by atoms with Crippen molar-refractivity contribution in [3.05, 3.63) is 12.7 Å². The lowest BCUT2D eigenvalue weighted by Gasteiger charge is -2.44. The Labute approximate surface area is 148 Å².